The van der Waals surface area contributed by atoms with Crippen LogP contribution in [0.1, 0.15) is 5.82 Å². The number of hydrogen-bond donors (Lipinski definition) is 1. The highest BCUT2D eigenvalue weighted by atomic mass is 16.3. The van der Waals surface area contributed by atoms with Crippen molar-refractivity contribution in [3.8, 4) is 0 Å². The van der Waals surface area contributed by atoms with E-state index in [0.29, 0.717) is 5.82 Å². The summed E-state index contributed by atoms with van der Waals surface area (Å²) in [6.45, 7) is 1.24. The lowest BCUT2D eigenvalue weighted by atomic mass is 10.7. The second-order valence-electron chi connectivity index (χ2n) is 1.80. The number of nitrogens with zero attached hydrogens (tertiary/aromatic N) is 3. The normalized spacial score (nSPS) is 9.80. The van der Waals surface area contributed by atoms with Crippen LogP contribution in [0, 0.1) is 6.92 Å². The van der Waals surface area contributed by atoms with Crippen LogP contribution in [-0.4, -0.2) is 19.6 Å². The summed E-state index contributed by atoms with van der Waals surface area (Å²) in [4.78, 5) is 17.9. The lowest BCUT2D eigenvalue weighted by Gasteiger charge is -1.96. The Morgan fingerprint density at radius 1 is 1.80 bits per heavy atom. The molecule has 0 saturated carbocycles. The van der Waals surface area contributed by atoms with Crippen LogP contribution >= 0.6 is 0 Å². The molecule has 0 aliphatic carbocycles. The van der Waals surface area contributed by atoms with Gasteiger partial charge in [-0.25, -0.2) is 9.78 Å². The molecule has 1 aromatic rings. The molecule has 0 saturated heterocycles. The SMILES string of the molecule is Cc1ncn(CO)c(=O)n1. The van der Waals surface area contributed by atoms with E-state index in [1.807, 2.05) is 0 Å². The number of aryl methyl sites for hydroxylation is 1. The largest absolute Gasteiger partial charge is 0.376 e. The molecule has 0 fully saturated rings. The van der Waals surface area contributed by atoms with Crippen LogP contribution in [0.25, 0.3) is 0 Å². The first-order valence-corrected chi connectivity index (χ1v) is 2.75. The average molecular weight is 141 g/mol. The molecule has 10 heavy (non-hydrogen) atoms. The summed E-state index contributed by atoms with van der Waals surface area (Å²) in [5.41, 5.74) is -0.477. The molecular formula is C5H7N3O2. The summed E-state index contributed by atoms with van der Waals surface area (Å²) in [7, 11) is 0. The summed E-state index contributed by atoms with van der Waals surface area (Å²) in [5, 5.41) is 8.49. The van der Waals surface area contributed by atoms with E-state index < -0.39 is 5.69 Å². The van der Waals surface area contributed by atoms with Crippen molar-refractivity contribution in [2.75, 3.05) is 0 Å². The molecule has 1 aromatic heterocycles. The number of rotatable bonds is 1. The van der Waals surface area contributed by atoms with Gasteiger partial charge in [0.15, 0.2) is 0 Å². The zero-order chi connectivity index (χ0) is 7.56. The number of aliphatic hydroxyl groups excluding tert-OH is 1. The Morgan fingerprint density at radius 2 is 2.50 bits per heavy atom. The first kappa shape index (κ1) is 6.88. The molecule has 1 heterocycles. The molecule has 0 atom stereocenters. The molecule has 5 heteroatoms. The first-order chi connectivity index (χ1) is 4.74. The van der Waals surface area contributed by atoms with Gasteiger partial charge in [-0.05, 0) is 6.92 Å². The van der Waals surface area contributed by atoms with Gasteiger partial charge >= 0.3 is 5.69 Å². The van der Waals surface area contributed by atoms with E-state index in [4.69, 9.17) is 5.11 Å². The van der Waals surface area contributed by atoms with Crippen molar-refractivity contribution in [1.82, 2.24) is 14.5 Å². The summed E-state index contributed by atoms with van der Waals surface area (Å²) >= 11 is 0. The van der Waals surface area contributed by atoms with Crippen molar-refractivity contribution in [1.29, 1.82) is 0 Å². The molecule has 0 spiro atoms. The van der Waals surface area contributed by atoms with Crippen molar-refractivity contribution < 1.29 is 5.11 Å². The lowest BCUT2D eigenvalue weighted by molar-refractivity contribution is 0.202. The van der Waals surface area contributed by atoms with Gasteiger partial charge in [0.2, 0.25) is 0 Å². The van der Waals surface area contributed by atoms with Crippen LogP contribution in [-0.2, 0) is 6.73 Å². The summed E-state index contributed by atoms with van der Waals surface area (Å²) in [6.07, 6.45) is 1.25. The maximum atomic E-state index is 10.7. The van der Waals surface area contributed by atoms with Gasteiger partial charge < -0.3 is 5.11 Å². The highest BCUT2D eigenvalue weighted by Gasteiger charge is 1.93. The zero-order valence-electron chi connectivity index (χ0n) is 5.48. The Bertz CT molecular complexity index is 280. The Hall–Kier alpha value is -1.23. The van der Waals surface area contributed by atoms with Crippen LogP contribution < -0.4 is 5.69 Å². The molecule has 54 valence electrons. The smallest absolute Gasteiger partial charge is 0.352 e. The van der Waals surface area contributed by atoms with E-state index in [2.05, 4.69) is 9.97 Å². The minimum absolute atomic E-state index is 0.376. The van der Waals surface area contributed by atoms with Crippen molar-refractivity contribution in [2.24, 2.45) is 0 Å². The molecule has 0 bridgehead atoms. The predicted molar refractivity (Wildman–Crippen MR) is 33.2 cm³/mol. The third kappa shape index (κ3) is 1.19. The number of aromatic nitrogens is 3. The van der Waals surface area contributed by atoms with Crippen LogP contribution in [0.2, 0.25) is 0 Å². The second-order valence-corrected chi connectivity index (χ2v) is 1.80. The van der Waals surface area contributed by atoms with Gasteiger partial charge in [-0.1, -0.05) is 0 Å². The van der Waals surface area contributed by atoms with E-state index in [1.54, 1.807) is 6.92 Å². The second kappa shape index (κ2) is 2.57. The molecule has 0 radical (unpaired) electrons. The third-order valence-electron chi connectivity index (χ3n) is 1.04. The number of aliphatic hydroxyl groups is 1. The minimum atomic E-state index is -0.477. The van der Waals surface area contributed by atoms with Gasteiger partial charge in [0.05, 0.1) is 0 Å². The maximum absolute atomic E-state index is 10.7. The van der Waals surface area contributed by atoms with Gasteiger partial charge in [-0.15, -0.1) is 0 Å². The minimum Gasteiger partial charge on any atom is -0.376 e. The summed E-state index contributed by atoms with van der Waals surface area (Å²) in [5.74, 6) is 0.412. The van der Waals surface area contributed by atoms with Crippen LogP contribution in [0.5, 0.6) is 0 Å². The van der Waals surface area contributed by atoms with E-state index in [9.17, 15) is 4.79 Å². The van der Waals surface area contributed by atoms with Gasteiger partial charge in [0.25, 0.3) is 0 Å². The molecule has 0 amide bonds. The quantitative estimate of drug-likeness (QED) is 0.538. The lowest BCUT2D eigenvalue weighted by Crippen LogP contribution is -2.23. The monoisotopic (exact) mass is 141 g/mol. The fourth-order valence-electron chi connectivity index (χ4n) is 0.531. The maximum Gasteiger partial charge on any atom is 0.352 e. The molecule has 1 N–H and O–H groups in total. The van der Waals surface area contributed by atoms with Gasteiger partial charge in [0.1, 0.15) is 18.9 Å². The molecule has 1 rings (SSSR count). The Kier molecular flexibility index (Phi) is 1.77. The Labute approximate surface area is 57.0 Å². The van der Waals surface area contributed by atoms with Crippen LogP contribution in [0.3, 0.4) is 0 Å². The molecule has 0 aliphatic heterocycles. The van der Waals surface area contributed by atoms with Gasteiger partial charge in [-0.3, -0.25) is 4.57 Å². The predicted octanol–water partition coefficient (Wildman–Crippen LogP) is -1.10. The summed E-state index contributed by atoms with van der Waals surface area (Å²) in [6, 6.07) is 0. The average Bonchev–Trinajstić information content (AvgIpc) is 1.88. The highest BCUT2D eigenvalue weighted by Crippen LogP contribution is 1.76. The van der Waals surface area contributed by atoms with Gasteiger partial charge in [0, 0.05) is 0 Å². The molecule has 0 aliphatic rings. The van der Waals surface area contributed by atoms with Crippen molar-refractivity contribution in [3.63, 3.8) is 0 Å². The number of hydrogen-bond acceptors (Lipinski definition) is 4. The fourth-order valence-corrected chi connectivity index (χ4v) is 0.531. The standard InChI is InChI=1S/C5H7N3O2/c1-4-6-2-8(3-9)5(10)7-4/h2,9H,3H2,1H3. The van der Waals surface area contributed by atoms with E-state index in [1.165, 1.54) is 6.33 Å². The first-order valence-electron chi connectivity index (χ1n) is 2.75. The van der Waals surface area contributed by atoms with Gasteiger partial charge in [-0.2, -0.15) is 4.98 Å². The van der Waals surface area contributed by atoms with E-state index in [-0.39, 0.29) is 6.73 Å². The molecule has 5 nitrogen and oxygen atoms in total. The van der Waals surface area contributed by atoms with Crippen LogP contribution in [0.15, 0.2) is 11.1 Å². The topological polar surface area (TPSA) is 68.0 Å². The van der Waals surface area contributed by atoms with Crippen molar-refractivity contribution in [3.05, 3.63) is 22.6 Å². The molecule has 0 aromatic carbocycles. The van der Waals surface area contributed by atoms with Crippen molar-refractivity contribution in [2.45, 2.75) is 13.7 Å². The summed E-state index contributed by atoms with van der Waals surface area (Å²) < 4.78 is 1.01. The van der Waals surface area contributed by atoms with E-state index in [0.717, 1.165) is 4.57 Å². The highest BCUT2D eigenvalue weighted by molar-refractivity contribution is 4.77. The zero-order valence-corrected chi connectivity index (χ0v) is 5.48. The third-order valence-corrected chi connectivity index (χ3v) is 1.04. The molecule has 0 unspecified atom stereocenters. The van der Waals surface area contributed by atoms with Crippen LogP contribution in [0.4, 0.5) is 0 Å². The van der Waals surface area contributed by atoms with Crippen molar-refractivity contribution >= 4 is 0 Å². The fraction of sp³-hybridized carbons (Fsp3) is 0.400. The Morgan fingerprint density at radius 3 is 3.00 bits per heavy atom. The Balaban J connectivity index is 3.20. The van der Waals surface area contributed by atoms with E-state index >= 15 is 0 Å². The molecular weight excluding hydrogens is 134 g/mol.